The maximum Gasteiger partial charge on any atom is 0.320 e. The highest BCUT2D eigenvalue weighted by Gasteiger charge is 2.36. The van der Waals surface area contributed by atoms with E-state index in [1.165, 1.54) is 0 Å². The topological polar surface area (TPSA) is 40.5 Å². The third kappa shape index (κ3) is 1.97. The first-order valence-electron chi connectivity index (χ1n) is 4.54. The van der Waals surface area contributed by atoms with E-state index in [1.807, 2.05) is 0 Å². The molecule has 0 amide bonds. The van der Waals surface area contributed by atoms with Crippen LogP contribution in [-0.4, -0.2) is 34.1 Å². The highest BCUT2D eigenvalue weighted by molar-refractivity contribution is 5.73. The number of carboxylic acid groups (broad SMARTS) is 1. The van der Waals surface area contributed by atoms with Gasteiger partial charge in [0.2, 0.25) is 0 Å². The average Bonchev–Trinajstić information content (AvgIpc) is 2.70. The van der Waals surface area contributed by atoms with Crippen LogP contribution in [0.5, 0.6) is 0 Å². The summed E-state index contributed by atoms with van der Waals surface area (Å²) in [5.74, 6) is -0.712. The van der Waals surface area contributed by atoms with Crippen LogP contribution in [0.1, 0.15) is 33.6 Å². The van der Waals surface area contributed by atoms with Crippen molar-refractivity contribution in [1.29, 1.82) is 0 Å². The molecule has 1 saturated carbocycles. The Morgan fingerprint density at radius 1 is 1.42 bits per heavy atom. The summed E-state index contributed by atoms with van der Waals surface area (Å²) in [7, 11) is 0. The quantitative estimate of drug-likeness (QED) is 0.693. The lowest BCUT2D eigenvalue weighted by molar-refractivity contribution is -0.143. The summed E-state index contributed by atoms with van der Waals surface area (Å²) in [6, 6.07) is 0.525. The van der Waals surface area contributed by atoms with Gasteiger partial charge in [-0.3, -0.25) is 9.69 Å². The van der Waals surface area contributed by atoms with Crippen molar-refractivity contribution in [1.82, 2.24) is 4.90 Å². The third-order valence-corrected chi connectivity index (χ3v) is 2.37. The Hall–Kier alpha value is -0.570. The Bertz CT molecular complexity index is 173. The molecule has 0 spiro atoms. The van der Waals surface area contributed by atoms with Gasteiger partial charge in [0.15, 0.2) is 0 Å². The molecule has 0 aromatic carbocycles. The van der Waals surface area contributed by atoms with E-state index in [4.69, 9.17) is 5.11 Å². The van der Waals surface area contributed by atoms with Gasteiger partial charge < -0.3 is 5.11 Å². The number of aliphatic carboxylic acids is 1. The monoisotopic (exact) mass is 171 g/mol. The lowest BCUT2D eigenvalue weighted by Crippen LogP contribution is -2.44. The lowest BCUT2D eigenvalue weighted by Gasteiger charge is -2.29. The number of hydrogen-bond donors (Lipinski definition) is 1. The van der Waals surface area contributed by atoms with Crippen LogP contribution in [0.2, 0.25) is 0 Å². The molecule has 1 aliphatic carbocycles. The molecule has 3 heteroatoms. The van der Waals surface area contributed by atoms with Gasteiger partial charge in [0, 0.05) is 12.1 Å². The summed E-state index contributed by atoms with van der Waals surface area (Å²) < 4.78 is 0. The van der Waals surface area contributed by atoms with Crippen LogP contribution in [0.3, 0.4) is 0 Å². The first-order valence-corrected chi connectivity index (χ1v) is 4.54. The predicted octanol–water partition coefficient (Wildman–Crippen LogP) is 1.33. The predicted molar refractivity (Wildman–Crippen MR) is 47.1 cm³/mol. The number of carbonyl (C=O) groups is 1. The van der Waals surface area contributed by atoms with E-state index in [9.17, 15) is 4.79 Å². The minimum atomic E-state index is -0.712. The summed E-state index contributed by atoms with van der Waals surface area (Å²) >= 11 is 0. The Morgan fingerprint density at radius 3 is 2.17 bits per heavy atom. The van der Waals surface area contributed by atoms with Crippen molar-refractivity contribution in [3.8, 4) is 0 Å². The number of nitrogens with zero attached hydrogens (tertiary/aromatic N) is 1. The minimum Gasteiger partial charge on any atom is -0.480 e. The number of hydrogen-bond acceptors (Lipinski definition) is 2. The van der Waals surface area contributed by atoms with Gasteiger partial charge in [-0.15, -0.1) is 0 Å². The van der Waals surface area contributed by atoms with Gasteiger partial charge in [0.1, 0.15) is 6.04 Å². The normalized spacial score (nSPS) is 20.1. The second kappa shape index (κ2) is 3.44. The molecular formula is C9H17NO2. The first-order chi connectivity index (χ1) is 5.54. The van der Waals surface area contributed by atoms with Crippen molar-refractivity contribution >= 4 is 5.97 Å². The standard InChI is InChI=1S/C9H17NO2/c1-6(2)10(8-4-5-8)7(3)9(11)12/h6-8H,4-5H2,1-3H3,(H,11,12). The van der Waals surface area contributed by atoms with Gasteiger partial charge in [-0.05, 0) is 33.6 Å². The zero-order chi connectivity index (χ0) is 9.30. The van der Waals surface area contributed by atoms with E-state index >= 15 is 0 Å². The zero-order valence-corrected chi connectivity index (χ0v) is 7.95. The molecule has 0 aliphatic heterocycles. The molecule has 1 unspecified atom stereocenters. The molecule has 0 aromatic heterocycles. The Morgan fingerprint density at radius 2 is 1.92 bits per heavy atom. The van der Waals surface area contributed by atoms with Crippen LogP contribution in [-0.2, 0) is 4.79 Å². The zero-order valence-electron chi connectivity index (χ0n) is 7.95. The summed E-state index contributed by atoms with van der Waals surface area (Å²) in [6.45, 7) is 5.87. The number of carboxylic acids is 1. The number of rotatable bonds is 4. The molecule has 1 N–H and O–H groups in total. The Labute approximate surface area is 73.4 Å². The molecule has 0 heterocycles. The van der Waals surface area contributed by atoms with E-state index in [1.54, 1.807) is 6.92 Å². The second-order valence-electron chi connectivity index (χ2n) is 3.79. The molecule has 3 nitrogen and oxygen atoms in total. The van der Waals surface area contributed by atoms with Crippen LogP contribution in [0.25, 0.3) is 0 Å². The summed E-state index contributed by atoms with van der Waals surface area (Å²) in [5, 5.41) is 8.84. The van der Waals surface area contributed by atoms with Crippen molar-refractivity contribution in [2.75, 3.05) is 0 Å². The maximum absolute atomic E-state index is 10.7. The molecule has 0 aromatic rings. The largest absolute Gasteiger partial charge is 0.480 e. The van der Waals surface area contributed by atoms with E-state index in [-0.39, 0.29) is 6.04 Å². The highest BCUT2D eigenvalue weighted by Crippen LogP contribution is 2.30. The van der Waals surface area contributed by atoms with Crippen LogP contribution >= 0.6 is 0 Å². The van der Waals surface area contributed by atoms with E-state index in [0.717, 1.165) is 12.8 Å². The molecule has 0 saturated heterocycles. The fourth-order valence-electron chi connectivity index (χ4n) is 1.69. The molecule has 12 heavy (non-hydrogen) atoms. The van der Waals surface area contributed by atoms with Crippen molar-refractivity contribution < 1.29 is 9.90 Å². The van der Waals surface area contributed by atoms with Gasteiger partial charge in [-0.1, -0.05) is 0 Å². The molecule has 0 radical (unpaired) electrons. The van der Waals surface area contributed by atoms with Gasteiger partial charge in [-0.2, -0.15) is 0 Å². The van der Waals surface area contributed by atoms with Gasteiger partial charge in [0.05, 0.1) is 0 Å². The van der Waals surface area contributed by atoms with Crippen molar-refractivity contribution in [3.05, 3.63) is 0 Å². The molecule has 1 fully saturated rings. The lowest BCUT2D eigenvalue weighted by atomic mass is 10.2. The molecule has 0 bridgehead atoms. The Balaban J connectivity index is 2.57. The second-order valence-corrected chi connectivity index (χ2v) is 3.79. The van der Waals surface area contributed by atoms with Gasteiger partial charge >= 0.3 is 5.97 Å². The molecular weight excluding hydrogens is 154 g/mol. The molecule has 1 rings (SSSR count). The summed E-state index contributed by atoms with van der Waals surface area (Å²) in [6.07, 6.45) is 2.33. The SMILES string of the molecule is CC(C)N(C1CC1)C(C)C(=O)O. The van der Waals surface area contributed by atoms with Crippen LogP contribution < -0.4 is 0 Å². The van der Waals surface area contributed by atoms with E-state index < -0.39 is 5.97 Å². The van der Waals surface area contributed by atoms with E-state index in [2.05, 4.69) is 18.7 Å². The van der Waals surface area contributed by atoms with Crippen LogP contribution in [0.15, 0.2) is 0 Å². The minimum absolute atomic E-state index is 0.336. The smallest absolute Gasteiger partial charge is 0.320 e. The Kier molecular flexibility index (Phi) is 2.73. The van der Waals surface area contributed by atoms with Crippen LogP contribution in [0, 0.1) is 0 Å². The van der Waals surface area contributed by atoms with Crippen LogP contribution in [0.4, 0.5) is 0 Å². The fraction of sp³-hybridized carbons (Fsp3) is 0.889. The first kappa shape index (κ1) is 9.52. The summed E-state index contributed by atoms with van der Waals surface area (Å²) in [5.41, 5.74) is 0. The van der Waals surface area contributed by atoms with Crippen molar-refractivity contribution in [2.45, 2.75) is 51.7 Å². The molecule has 1 atom stereocenters. The van der Waals surface area contributed by atoms with Crippen molar-refractivity contribution in [2.24, 2.45) is 0 Å². The molecule has 70 valence electrons. The van der Waals surface area contributed by atoms with E-state index in [0.29, 0.717) is 12.1 Å². The van der Waals surface area contributed by atoms with Gasteiger partial charge in [0.25, 0.3) is 0 Å². The third-order valence-electron chi connectivity index (χ3n) is 2.37. The average molecular weight is 171 g/mol. The van der Waals surface area contributed by atoms with Crippen molar-refractivity contribution in [3.63, 3.8) is 0 Å². The van der Waals surface area contributed by atoms with Gasteiger partial charge in [-0.25, -0.2) is 0 Å². The maximum atomic E-state index is 10.7. The molecule has 1 aliphatic rings. The summed E-state index contributed by atoms with van der Waals surface area (Å²) in [4.78, 5) is 12.8. The fourth-order valence-corrected chi connectivity index (χ4v) is 1.69. The highest BCUT2D eigenvalue weighted by atomic mass is 16.4.